The van der Waals surface area contributed by atoms with Crippen molar-refractivity contribution in [3.05, 3.63) is 70.6 Å². The van der Waals surface area contributed by atoms with Gasteiger partial charge in [0.15, 0.2) is 0 Å². The molecule has 0 bridgehead atoms. The van der Waals surface area contributed by atoms with E-state index in [1.165, 1.54) is 23.1 Å². The third kappa shape index (κ3) is 3.21. The number of likely N-dealkylation sites (N-methyl/N-ethyl adjacent to an activating group) is 1. The molecule has 2 aromatic rings. The molecule has 134 valence electrons. The molecule has 0 unspecified atom stereocenters. The maximum Gasteiger partial charge on any atom is 0.282 e. The van der Waals surface area contributed by atoms with Gasteiger partial charge in [-0.2, -0.15) is 0 Å². The fraction of sp³-hybridized carbons (Fsp3) is 0.158. The minimum atomic E-state index is -0.568. The summed E-state index contributed by atoms with van der Waals surface area (Å²) in [5.74, 6) is -1.67. The summed E-state index contributed by atoms with van der Waals surface area (Å²) >= 11 is 5.91. The van der Waals surface area contributed by atoms with Gasteiger partial charge in [-0.25, -0.2) is 9.29 Å². The molecule has 0 saturated heterocycles. The molecule has 1 aliphatic heterocycles. The number of hydrogen-bond acceptors (Lipinski definition) is 4. The summed E-state index contributed by atoms with van der Waals surface area (Å²) in [6, 6.07) is 11.8. The van der Waals surface area contributed by atoms with E-state index >= 15 is 0 Å². The molecule has 0 aliphatic carbocycles. The number of amides is 2. The van der Waals surface area contributed by atoms with Gasteiger partial charge in [0.1, 0.15) is 11.5 Å². The lowest BCUT2D eigenvalue weighted by molar-refractivity contribution is -0.120. The third-order valence-corrected chi connectivity index (χ3v) is 4.33. The van der Waals surface area contributed by atoms with Gasteiger partial charge in [-0.15, -0.1) is 0 Å². The Morgan fingerprint density at radius 3 is 2.42 bits per heavy atom. The van der Waals surface area contributed by atoms with Gasteiger partial charge >= 0.3 is 0 Å². The van der Waals surface area contributed by atoms with Gasteiger partial charge in [0.2, 0.25) is 0 Å². The van der Waals surface area contributed by atoms with Crippen LogP contribution in [0.5, 0.6) is 0 Å². The van der Waals surface area contributed by atoms with Crippen LogP contribution in [0.15, 0.2) is 54.2 Å². The number of aliphatic hydroxyl groups is 1. The van der Waals surface area contributed by atoms with Crippen LogP contribution in [0.3, 0.4) is 0 Å². The van der Waals surface area contributed by atoms with Crippen LogP contribution in [0.25, 0.3) is 5.57 Å². The van der Waals surface area contributed by atoms with Crippen LogP contribution < -0.4 is 4.90 Å². The molecule has 1 heterocycles. The summed E-state index contributed by atoms with van der Waals surface area (Å²) < 4.78 is 13.6. The molecule has 7 heteroatoms. The van der Waals surface area contributed by atoms with Crippen molar-refractivity contribution in [2.75, 3.05) is 25.1 Å². The predicted octanol–water partition coefficient (Wildman–Crippen LogP) is 2.69. The first-order chi connectivity index (χ1) is 12.4. The molecule has 2 aromatic carbocycles. The zero-order chi connectivity index (χ0) is 18.8. The number of benzene rings is 2. The van der Waals surface area contributed by atoms with Crippen molar-refractivity contribution >= 4 is 34.7 Å². The van der Waals surface area contributed by atoms with Crippen LogP contribution in [-0.2, 0) is 9.59 Å². The van der Waals surface area contributed by atoms with E-state index in [-0.39, 0.29) is 30.1 Å². The van der Waals surface area contributed by atoms with E-state index in [0.29, 0.717) is 10.6 Å². The molecule has 0 saturated carbocycles. The largest absolute Gasteiger partial charge is 0.395 e. The Kier molecular flexibility index (Phi) is 5.06. The first-order valence-corrected chi connectivity index (χ1v) is 8.28. The molecular formula is C19H16ClFN2O3. The second kappa shape index (κ2) is 7.27. The quantitative estimate of drug-likeness (QED) is 0.817. The van der Waals surface area contributed by atoms with Gasteiger partial charge in [-0.05, 0) is 35.9 Å². The molecule has 1 N–H and O–H groups in total. The van der Waals surface area contributed by atoms with E-state index in [1.54, 1.807) is 31.3 Å². The SMILES string of the molecule is CN(CCO)C1=C(c2ccc(Cl)cc2)C(=O)N(c2cccc(F)c2)C1=O. The van der Waals surface area contributed by atoms with E-state index in [2.05, 4.69) is 0 Å². The van der Waals surface area contributed by atoms with Crippen LogP contribution >= 0.6 is 11.6 Å². The average Bonchev–Trinajstić information content (AvgIpc) is 2.86. The standard InChI is InChI=1S/C19H16ClFN2O3/c1-22(9-10-24)17-16(12-5-7-13(20)8-6-12)18(25)23(19(17)26)15-4-2-3-14(21)11-15/h2-8,11,24H,9-10H2,1H3. The number of aliphatic hydroxyl groups excluding tert-OH is 1. The Morgan fingerprint density at radius 1 is 1.12 bits per heavy atom. The van der Waals surface area contributed by atoms with E-state index < -0.39 is 17.6 Å². The molecule has 0 aromatic heterocycles. The number of anilines is 1. The molecular weight excluding hydrogens is 359 g/mol. The third-order valence-electron chi connectivity index (χ3n) is 4.08. The van der Waals surface area contributed by atoms with Gasteiger partial charge < -0.3 is 10.0 Å². The second-order valence-electron chi connectivity index (χ2n) is 5.80. The summed E-state index contributed by atoms with van der Waals surface area (Å²) in [4.78, 5) is 28.5. The number of halogens is 2. The highest BCUT2D eigenvalue weighted by Gasteiger charge is 2.41. The van der Waals surface area contributed by atoms with E-state index in [0.717, 1.165) is 11.0 Å². The molecule has 5 nitrogen and oxygen atoms in total. The van der Waals surface area contributed by atoms with Crippen molar-refractivity contribution in [1.82, 2.24) is 4.90 Å². The predicted molar refractivity (Wildman–Crippen MR) is 97.0 cm³/mol. The Labute approximate surface area is 154 Å². The van der Waals surface area contributed by atoms with E-state index in [9.17, 15) is 19.1 Å². The van der Waals surface area contributed by atoms with E-state index in [4.69, 9.17) is 11.6 Å². The Bertz CT molecular complexity index is 896. The van der Waals surface area contributed by atoms with Crippen molar-refractivity contribution in [3.8, 4) is 0 Å². The van der Waals surface area contributed by atoms with E-state index in [1.807, 2.05) is 0 Å². The number of imide groups is 1. The first kappa shape index (κ1) is 18.1. The van der Waals surface area contributed by atoms with Crippen LogP contribution in [0.2, 0.25) is 5.02 Å². The minimum absolute atomic E-state index is 0.149. The van der Waals surface area contributed by atoms with Gasteiger partial charge in [0, 0.05) is 18.6 Å². The lowest BCUT2D eigenvalue weighted by Gasteiger charge is -2.20. The number of hydrogen-bond donors (Lipinski definition) is 1. The fourth-order valence-corrected chi connectivity index (χ4v) is 2.99. The summed E-state index contributed by atoms with van der Waals surface area (Å²) in [6.07, 6.45) is 0. The van der Waals surface area contributed by atoms with Crippen LogP contribution in [-0.4, -0.2) is 42.0 Å². The molecule has 0 fully saturated rings. The second-order valence-corrected chi connectivity index (χ2v) is 6.24. The summed E-state index contributed by atoms with van der Waals surface area (Å²) in [7, 11) is 1.61. The Balaban J connectivity index is 2.13. The van der Waals surface area contributed by atoms with Crippen LogP contribution in [0.4, 0.5) is 10.1 Å². The first-order valence-electron chi connectivity index (χ1n) is 7.90. The lowest BCUT2D eigenvalue weighted by atomic mass is 10.0. The molecule has 2 amide bonds. The summed E-state index contributed by atoms with van der Waals surface area (Å²) in [5.41, 5.74) is 1.01. The van der Waals surface area contributed by atoms with Crippen molar-refractivity contribution in [2.24, 2.45) is 0 Å². The normalized spacial score (nSPS) is 14.4. The highest BCUT2D eigenvalue weighted by molar-refractivity contribution is 6.45. The van der Waals surface area contributed by atoms with Crippen molar-refractivity contribution in [2.45, 2.75) is 0 Å². The van der Waals surface area contributed by atoms with Crippen molar-refractivity contribution < 1.29 is 19.1 Å². The number of carbonyl (C=O) groups excluding carboxylic acids is 2. The highest BCUT2D eigenvalue weighted by Crippen LogP contribution is 2.34. The fourth-order valence-electron chi connectivity index (χ4n) is 2.86. The van der Waals surface area contributed by atoms with Gasteiger partial charge in [-0.3, -0.25) is 9.59 Å². The number of carbonyl (C=O) groups is 2. The molecule has 0 atom stereocenters. The zero-order valence-electron chi connectivity index (χ0n) is 13.9. The monoisotopic (exact) mass is 374 g/mol. The maximum absolute atomic E-state index is 13.6. The van der Waals surface area contributed by atoms with Gasteiger partial charge in [0.05, 0.1) is 17.9 Å². The smallest absolute Gasteiger partial charge is 0.282 e. The van der Waals surface area contributed by atoms with Crippen molar-refractivity contribution in [1.29, 1.82) is 0 Å². The molecule has 1 aliphatic rings. The average molecular weight is 375 g/mol. The highest BCUT2D eigenvalue weighted by atomic mass is 35.5. The molecule has 26 heavy (non-hydrogen) atoms. The number of rotatable bonds is 5. The number of nitrogens with zero attached hydrogens (tertiary/aromatic N) is 2. The maximum atomic E-state index is 13.6. The Hall–Kier alpha value is -2.70. The summed E-state index contributed by atoms with van der Waals surface area (Å²) in [5, 5.41) is 9.72. The minimum Gasteiger partial charge on any atom is -0.395 e. The molecule has 0 radical (unpaired) electrons. The summed E-state index contributed by atoms with van der Waals surface area (Å²) in [6.45, 7) is -0.0161. The Morgan fingerprint density at radius 2 is 1.81 bits per heavy atom. The van der Waals surface area contributed by atoms with Crippen LogP contribution in [0, 0.1) is 5.82 Å². The van der Waals surface area contributed by atoms with Crippen molar-refractivity contribution in [3.63, 3.8) is 0 Å². The van der Waals surface area contributed by atoms with Gasteiger partial charge in [-0.1, -0.05) is 29.8 Å². The lowest BCUT2D eigenvalue weighted by Crippen LogP contribution is -2.34. The van der Waals surface area contributed by atoms with Crippen LogP contribution in [0.1, 0.15) is 5.56 Å². The molecule has 3 rings (SSSR count). The zero-order valence-corrected chi connectivity index (χ0v) is 14.7. The molecule has 0 spiro atoms. The van der Waals surface area contributed by atoms with Gasteiger partial charge in [0.25, 0.3) is 11.8 Å². The topological polar surface area (TPSA) is 60.9 Å².